The van der Waals surface area contributed by atoms with Crippen LogP contribution in [-0.2, 0) is 14.8 Å². The Balaban J connectivity index is 1.78. The molecule has 2 rings (SSSR count). The third-order valence-electron chi connectivity index (χ3n) is 4.18. The first-order valence-electron chi connectivity index (χ1n) is 8.53. The first kappa shape index (κ1) is 19.4. The average Bonchev–Trinajstić information content (AvgIpc) is 2.65. The Morgan fingerprint density at radius 2 is 1.72 bits per heavy atom. The number of hydrogen-bond donors (Lipinski definition) is 1. The number of nitrogens with one attached hydrogen (secondary N) is 1. The lowest BCUT2D eigenvalue weighted by atomic mass is 10.2. The minimum Gasteiger partial charge on any atom is -0.343 e. The summed E-state index contributed by atoms with van der Waals surface area (Å²) in [5.41, 5.74) is 0.502. The standard InChI is InChI=1S/C17H25N3O4S/c1-2-3-13-25(23,24)20-11-9-19(10-12-20)16(21)14-18-17(22)15-7-5-4-6-8-15/h4-8H,2-3,9-14H2,1H3,(H,18,22). The predicted octanol–water partition coefficient (Wildman–Crippen LogP) is 0.691. The van der Waals surface area contributed by atoms with Crippen LogP contribution in [0.3, 0.4) is 0 Å². The predicted molar refractivity (Wildman–Crippen MR) is 95.6 cm³/mol. The highest BCUT2D eigenvalue weighted by Crippen LogP contribution is 2.10. The van der Waals surface area contributed by atoms with Crippen molar-refractivity contribution in [2.24, 2.45) is 0 Å². The van der Waals surface area contributed by atoms with E-state index in [1.165, 1.54) is 4.31 Å². The van der Waals surface area contributed by atoms with Gasteiger partial charge in [0.05, 0.1) is 12.3 Å². The normalized spacial score (nSPS) is 15.8. The Kier molecular flexibility index (Phi) is 6.95. The van der Waals surface area contributed by atoms with Crippen molar-refractivity contribution >= 4 is 21.8 Å². The van der Waals surface area contributed by atoms with Gasteiger partial charge in [-0.05, 0) is 18.6 Å². The van der Waals surface area contributed by atoms with Crippen molar-refractivity contribution < 1.29 is 18.0 Å². The van der Waals surface area contributed by atoms with E-state index in [1.54, 1.807) is 29.2 Å². The van der Waals surface area contributed by atoms with Crippen LogP contribution < -0.4 is 5.32 Å². The molecule has 1 saturated heterocycles. The summed E-state index contributed by atoms with van der Waals surface area (Å²) < 4.78 is 25.8. The van der Waals surface area contributed by atoms with Gasteiger partial charge >= 0.3 is 0 Å². The molecule has 2 amide bonds. The Labute approximate surface area is 149 Å². The Morgan fingerprint density at radius 1 is 1.08 bits per heavy atom. The number of piperazine rings is 1. The SMILES string of the molecule is CCCCS(=O)(=O)N1CCN(C(=O)CNC(=O)c2ccccc2)CC1. The lowest BCUT2D eigenvalue weighted by molar-refractivity contribution is -0.131. The summed E-state index contributed by atoms with van der Waals surface area (Å²) >= 11 is 0. The van der Waals surface area contributed by atoms with Gasteiger partial charge in [-0.1, -0.05) is 31.5 Å². The molecule has 0 radical (unpaired) electrons. The fraction of sp³-hybridized carbons (Fsp3) is 0.529. The van der Waals surface area contributed by atoms with E-state index in [-0.39, 0.29) is 24.1 Å². The van der Waals surface area contributed by atoms with Crippen molar-refractivity contribution in [1.82, 2.24) is 14.5 Å². The summed E-state index contributed by atoms with van der Waals surface area (Å²) in [6, 6.07) is 8.69. The van der Waals surface area contributed by atoms with E-state index >= 15 is 0 Å². The number of benzene rings is 1. The molecule has 0 bridgehead atoms. The molecule has 1 aromatic carbocycles. The maximum absolute atomic E-state index is 12.2. The third kappa shape index (κ3) is 5.54. The summed E-state index contributed by atoms with van der Waals surface area (Å²) in [6.45, 7) is 3.19. The fourth-order valence-corrected chi connectivity index (χ4v) is 4.26. The summed E-state index contributed by atoms with van der Waals surface area (Å²) in [7, 11) is -3.23. The van der Waals surface area contributed by atoms with Crippen LogP contribution in [0.2, 0.25) is 0 Å². The lowest BCUT2D eigenvalue weighted by Gasteiger charge is -2.34. The number of nitrogens with zero attached hydrogens (tertiary/aromatic N) is 2. The first-order chi connectivity index (χ1) is 11.9. The lowest BCUT2D eigenvalue weighted by Crippen LogP contribution is -2.52. The van der Waals surface area contributed by atoms with Crippen molar-refractivity contribution in [3.63, 3.8) is 0 Å². The average molecular weight is 367 g/mol. The van der Waals surface area contributed by atoms with Gasteiger partial charge in [-0.2, -0.15) is 4.31 Å². The van der Waals surface area contributed by atoms with E-state index in [4.69, 9.17) is 0 Å². The van der Waals surface area contributed by atoms with E-state index in [0.29, 0.717) is 38.2 Å². The van der Waals surface area contributed by atoms with Crippen LogP contribution in [0.15, 0.2) is 30.3 Å². The minimum absolute atomic E-state index is 0.0870. The topological polar surface area (TPSA) is 86.8 Å². The second-order valence-corrected chi connectivity index (χ2v) is 8.09. The Bertz CT molecular complexity index is 683. The van der Waals surface area contributed by atoms with Gasteiger partial charge in [0.15, 0.2) is 0 Å². The molecule has 1 aliphatic rings. The zero-order chi connectivity index (χ0) is 18.3. The molecule has 25 heavy (non-hydrogen) atoms. The minimum atomic E-state index is -3.23. The van der Waals surface area contributed by atoms with Crippen LogP contribution in [0.5, 0.6) is 0 Å². The van der Waals surface area contributed by atoms with Gasteiger partial charge in [0.25, 0.3) is 5.91 Å². The number of hydrogen-bond acceptors (Lipinski definition) is 4. The van der Waals surface area contributed by atoms with Crippen LogP contribution in [-0.4, -0.2) is 67.9 Å². The van der Waals surface area contributed by atoms with E-state index in [1.807, 2.05) is 13.0 Å². The van der Waals surface area contributed by atoms with E-state index in [9.17, 15) is 18.0 Å². The summed E-state index contributed by atoms with van der Waals surface area (Å²) in [4.78, 5) is 25.7. The molecular formula is C17H25N3O4S. The smallest absolute Gasteiger partial charge is 0.251 e. The summed E-state index contributed by atoms with van der Waals surface area (Å²) in [5, 5.41) is 2.60. The fourth-order valence-electron chi connectivity index (χ4n) is 2.63. The van der Waals surface area contributed by atoms with Crippen molar-refractivity contribution in [3.8, 4) is 0 Å². The molecular weight excluding hydrogens is 342 g/mol. The van der Waals surface area contributed by atoms with Crippen LogP contribution in [0.1, 0.15) is 30.1 Å². The first-order valence-corrected chi connectivity index (χ1v) is 10.1. The molecule has 0 unspecified atom stereocenters. The quantitative estimate of drug-likeness (QED) is 0.768. The second-order valence-electron chi connectivity index (χ2n) is 6.00. The Morgan fingerprint density at radius 3 is 2.32 bits per heavy atom. The maximum Gasteiger partial charge on any atom is 0.251 e. The molecule has 1 fully saturated rings. The van der Waals surface area contributed by atoms with Gasteiger partial charge in [-0.3, -0.25) is 9.59 Å². The Hall–Kier alpha value is -1.93. The van der Waals surface area contributed by atoms with E-state index < -0.39 is 10.0 Å². The van der Waals surface area contributed by atoms with Gasteiger partial charge in [0.1, 0.15) is 0 Å². The zero-order valence-corrected chi connectivity index (χ0v) is 15.3. The van der Waals surface area contributed by atoms with Gasteiger partial charge in [-0.15, -0.1) is 0 Å². The van der Waals surface area contributed by atoms with Crippen molar-refractivity contribution in [3.05, 3.63) is 35.9 Å². The van der Waals surface area contributed by atoms with Gasteiger partial charge in [-0.25, -0.2) is 8.42 Å². The van der Waals surface area contributed by atoms with Crippen LogP contribution in [0.25, 0.3) is 0 Å². The largest absolute Gasteiger partial charge is 0.343 e. The van der Waals surface area contributed by atoms with E-state index in [2.05, 4.69) is 5.32 Å². The zero-order valence-electron chi connectivity index (χ0n) is 14.5. The molecule has 0 saturated carbocycles. The molecule has 0 aliphatic carbocycles. The van der Waals surface area contributed by atoms with E-state index in [0.717, 1.165) is 6.42 Å². The molecule has 1 heterocycles. The summed E-state index contributed by atoms with van der Waals surface area (Å²) in [6.07, 6.45) is 1.48. The third-order valence-corrected chi connectivity index (χ3v) is 6.13. The van der Waals surface area contributed by atoms with Crippen molar-refractivity contribution in [2.75, 3.05) is 38.5 Å². The molecule has 1 aromatic rings. The van der Waals surface area contributed by atoms with Crippen molar-refractivity contribution in [1.29, 1.82) is 0 Å². The van der Waals surface area contributed by atoms with Crippen LogP contribution in [0, 0.1) is 0 Å². The van der Waals surface area contributed by atoms with Gasteiger partial charge in [0.2, 0.25) is 15.9 Å². The molecule has 1 aliphatic heterocycles. The molecule has 0 spiro atoms. The monoisotopic (exact) mass is 367 g/mol. The second kappa shape index (κ2) is 8.96. The van der Waals surface area contributed by atoms with Gasteiger partial charge < -0.3 is 10.2 Å². The summed E-state index contributed by atoms with van der Waals surface area (Å²) in [5.74, 6) is -0.338. The van der Waals surface area contributed by atoms with Crippen LogP contribution in [0.4, 0.5) is 0 Å². The van der Waals surface area contributed by atoms with Gasteiger partial charge in [0, 0.05) is 31.7 Å². The highest BCUT2D eigenvalue weighted by atomic mass is 32.2. The molecule has 8 heteroatoms. The number of carbonyl (C=O) groups is 2. The molecule has 0 aromatic heterocycles. The highest BCUT2D eigenvalue weighted by molar-refractivity contribution is 7.89. The number of amides is 2. The van der Waals surface area contributed by atoms with Crippen LogP contribution >= 0.6 is 0 Å². The maximum atomic E-state index is 12.2. The number of carbonyl (C=O) groups excluding carboxylic acids is 2. The molecule has 0 atom stereocenters. The molecule has 138 valence electrons. The molecule has 7 nitrogen and oxygen atoms in total. The number of sulfonamides is 1. The molecule has 1 N–H and O–H groups in total. The number of unbranched alkanes of at least 4 members (excludes halogenated alkanes) is 1. The number of rotatable bonds is 7. The highest BCUT2D eigenvalue weighted by Gasteiger charge is 2.28. The van der Waals surface area contributed by atoms with Crippen molar-refractivity contribution in [2.45, 2.75) is 19.8 Å².